The molecule has 0 aliphatic heterocycles. The molecule has 0 bridgehead atoms. The van der Waals surface area contributed by atoms with E-state index in [1.807, 2.05) is 0 Å². The molecule has 0 atom stereocenters. The van der Waals surface area contributed by atoms with Gasteiger partial charge in [-0.1, -0.05) is 0 Å². The first-order valence-corrected chi connectivity index (χ1v) is 6.88. The maximum atomic E-state index is 10.5. The van der Waals surface area contributed by atoms with Crippen LogP contribution in [0.4, 0.5) is 5.82 Å². The molecule has 0 aromatic carbocycles. The van der Waals surface area contributed by atoms with Crippen LogP contribution < -0.4 is 5.73 Å². The van der Waals surface area contributed by atoms with E-state index in [-0.39, 0.29) is 78.5 Å². The Balaban J connectivity index is 0.00000200. The van der Waals surface area contributed by atoms with Crippen LogP contribution in [0.3, 0.4) is 0 Å². The van der Waals surface area contributed by atoms with E-state index >= 15 is 0 Å². The molecule has 2 radical (unpaired) electrons. The molecule has 106 valence electrons. The molecule has 0 unspecified atom stereocenters. The van der Waals surface area contributed by atoms with Crippen molar-refractivity contribution in [3.63, 3.8) is 0 Å². The van der Waals surface area contributed by atoms with Crippen LogP contribution in [-0.2, 0) is 20.8 Å². The zero-order chi connectivity index (χ0) is 13.9. The molecule has 4 N–H and O–H groups in total. The second-order valence-electron chi connectivity index (χ2n) is 3.59. The minimum absolute atomic E-state index is 0. The zero-order valence-corrected chi connectivity index (χ0v) is 16.6. The predicted octanol–water partition coefficient (Wildman–Crippen LogP) is -1.27. The number of anilines is 1. The SMILES string of the molecule is Nc1ncnc2c1ncn2COCOCP(=O)(O)O.[Na].[Na]. The van der Waals surface area contributed by atoms with Crippen LogP contribution in [0.25, 0.3) is 11.2 Å². The summed E-state index contributed by atoms with van der Waals surface area (Å²) >= 11 is 0. The Morgan fingerprint density at radius 3 is 2.62 bits per heavy atom. The molecule has 13 heteroatoms. The molecule has 0 spiro atoms. The molecule has 0 saturated carbocycles. The van der Waals surface area contributed by atoms with Gasteiger partial charge in [0.1, 0.15) is 25.4 Å². The third-order valence-electron chi connectivity index (χ3n) is 2.09. The summed E-state index contributed by atoms with van der Waals surface area (Å²) in [6.45, 7) is -0.195. The average Bonchev–Trinajstić information content (AvgIpc) is 2.72. The van der Waals surface area contributed by atoms with Crippen LogP contribution in [0.2, 0.25) is 0 Å². The van der Waals surface area contributed by atoms with Crippen molar-refractivity contribution in [1.29, 1.82) is 0 Å². The predicted molar refractivity (Wildman–Crippen MR) is 75.2 cm³/mol. The average molecular weight is 335 g/mol. The van der Waals surface area contributed by atoms with Crippen molar-refractivity contribution in [2.75, 3.05) is 18.9 Å². The fourth-order valence-electron chi connectivity index (χ4n) is 1.34. The third-order valence-corrected chi connectivity index (χ3v) is 2.60. The number of hydrogen-bond donors (Lipinski definition) is 3. The van der Waals surface area contributed by atoms with Crippen LogP contribution in [-0.4, -0.2) is 102 Å². The number of nitrogens with two attached hydrogens (primary N) is 1. The van der Waals surface area contributed by atoms with Crippen LogP contribution in [0, 0.1) is 0 Å². The van der Waals surface area contributed by atoms with E-state index < -0.39 is 13.9 Å². The monoisotopic (exact) mass is 335 g/mol. The van der Waals surface area contributed by atoms with Gasteiger partial charge in [-0.2, -0.15) is 0 Å². The second kappa shape index (κ2) is 9.53. The molecular weight excluding hydrogens is 323 g/mol. The molecule has 21 heavy (non-hydrogen) atoms. The first-order valence-electron chi connectivity index (χ1n) is 5.09. The number of imidazole rings is 1. The zero-order valence-electron chi connectivity index (χ0n) is 11.7. The Bertz CT molecular complexity index is 620. The molecule has 2 aromatic heterocycles. The number of rotatable bonds is 6. The summed E-state index contributed by atoms with van der Waals surface area (Å²) in [5.74, 6) is 0.265. The van der Waals surface area contributed by atoms with Crippen LogP contribution in [0.15, 0.2) is 12.7 Å². The van der Waals surface area contributed by atoms with E-state index in [2.05, 4.69) is 19.7 Å². The summed E-state index contributed by atoms with van der Waals surface area (Å²) in [6.07, 6.45) is 2.09. The Hall–Kier alpha value is 0.420. The van der Waals surface area contributed by atoms with Gasteiger partial charge in [0.25, 0.3) is 0 Å². The topological polar surface area (TPSA) is 146 Å². The van der Waals surface area contributed by atoms with Gasteiger partial charge in [-0.15, -0.1) is 0 Å². The van der Waals surface area contributed by atoms with Gasteiger partial charge in [0.05, 0.1) is 6.33 Å². The first-order chi connectivity index (χ1) is 8.97. The van der Waals surface area contributed by atoms with Gasteiger partial charge in [-0.25, -0.2) is 15.0 Å². The maximum Gasteiger partial charge on any atom is 0.351 e. The molecular formula is C8H12N5Na2O5P. The largest absolute Gasteiger partial charge is 0.382 e. The maximum absolute atomic E-state index is 10.5. The number of hydrogen-bond acceptors (Lipinski definition) is 7. The van der Waals surface area contributed by atoms with Crippen LogP contribution >= 0.6 is 7.60 Å². The number of nitrogen functional groups attached to an aromatic ring is 1. The fraction of sp³-hybridized carbons (Fsp3) is 0.375. The molecule has 2 rings (SSSR count). The number of fused-ring (bicyclic) bond motifs is 1. The van der Waals surface area contributed by atoms with E-state index in [1.54, 1.807) is 4.57 Å². The molecule has 0 aliphatic carbocycles. The summed E-state index contributed by atoms with van der Waals surface area (Å²) in [6, 6.07) is 0. The van der Waals surface area contributed by atoms with E-state index in [0.717, 1.165) is 0 Å². The third kappa shape index (κ3) is 6.59. The second-order valence-corrected chi connectivity index (χ2v) is 5.18. The Labute approximate surface area is 164 Å². The van der Waals surface area contributed by atoms with Gasteiger partial charge in [0.15, 0.2) is 17.8 Å². The Kier molecular flexibility index (Phi) is 9.73. The Morgan fingerprint density at radius 2 is 1.95 bits per heavy atom. The van der Waals surface area contributed by atoms with Gasteiger partial charge < -0.3 is 25.0 Å². The van der Waals surface area contributed by atoms with Crippen molar-refractivity contribution >= 4 is 83.7 Å². The summed E-state index contributed by atoms with van der Waals surface area (Å²) in [5.41, 5.74) is 6.58. The van der Waals surface area contributed by atoms with Crippen molar-refractivity contribution in [2.45, 2.75) is 6.73 Å². The van der Waals surface area contributed by atoms with Crippen molar-refractivity contribution in [3.8, 4) is 0 Å². The van der Waals surface area contributed by atoms with Crippen LogP contribution in [0.5, 0.6) is 0 Å². The standard InChI is InChI=1S/C8H12N5O5P.2Na/c9-7-6-8(11-1-10-7)13(2-12-6)3-17-4-18-5-19(14,15)16;;/h1-2H,3-5H2,(H2,9,10,11)(H2,14,15,16);;. The molecule has 0 saturated heterocycles. The van der Waals surface area contributed by atoms with E-state index in [0.29, 0.717) is 11.2 Å². The quantitative estimate of drug-likeness (QED) is 0.254. The van der Waals surface area contributed by atoms with Crippen molar-refractivity contribution in [3.05, 3.63) is 12.7 Å². The minimum atomic E-state index is -4.17. The smallest absolute Gasteiger partial charge is 0.351 e. The summed E-state index contributed by atoms with van der Waals surface area (Å²) in [5, 5.41) is 0. The van der Waals surface area contributed by atoms with Crippen molar-refractivity contribution in [2.24, 2.45) is 0 Å². The van der Waals surface area contributed by atoms with Crippen molar-refractivity contribution < 1.29 is 23.8 Å². The number of ether oxygens (including phenoxy) is 2. The Morgan fingerprint density at radius 1 is 1.24 bits per heavy atom. The molecule has 0 aliphatic rings. The molecule has 0 fully saturated rings. The first kappa shape index (κ1) is 21.4. The van der Waals surface area contributed by atoms with Gasteiger partial charge in [-0.3, -0.25) is 9.13 Å². The summed E-state index contributed by atoms with van der Waals surface area (Å²) in [4.78, 5) is 28.9. The van der Waals surface area contributed by atoms with Gasteiger partial charge >= 0.3 is 7.60 Å². The fourth-order valence-corrected chi connectivity index (χ4v) is 1.66. The normalized spacial score (nSPS) is 11.0. The van der Waals surface area contributed by atoms with E-state index in [1.165, 1.54) is 12.7 Å². The summed E-state index contributed by atoms with van der Waals surface area (Å²) in [7, 11) is -4.17. The van der Waals surface area contributed by atoms with Gasteiger partial charge in [0, 0.05) is 59.1 Å². The van der Waals surface area contributed by atoms with Gasteiger partial charge in [0.2, 0.25) is 0 Å². The van der Waals surface area contributed by atoms with E-state index in [4.69, 9.17) is 20.3 Å². The number of nitrogens with zero attached hydrogens (tertiary/aromatic N) is 4. The van der Waals surface area contributed by atoms with Crippen LogP contribution in [0.1, 0.15) is 0 Å². The number of aromatic nitrogens is 4. The minimum Gasteiger partial charge on any atom is -0.382 e. The van der Waals surface area contributed by atoms with Crippen molar-refractivity contribution in [1.82, 2.24) is 19.5 Å². The van der Waals surface area contributed by atoms with Gasteiger partial charge in [-0.05, 0) is 0 Å². The molecule has 2 heterocycles. The summed E-state index contributed by atoms with van der Waals surface area (Å²) < 4.78 is 21.8. The molecule has 2 aromatic rings. The van der Waals surface area contributed by atoms with E-state index in [9.17, 15) is 4.57 Å². The molecule has 0 amide bonds. The molecule has 10 nitrogen and oxygen atoms in total.